The maximum absolute atomic E-state index is 13.3. The van der Waals surface area contributed by atoms with Gasteiger partial charge in [0.1, 0.15) is 0 Å². The van der Waals surface area contributed by atoms with Crippen molar-refractivity contribution in [2.45, 2.75) is 4.90 Å². The summed E-state index contributed by atoms with van der Waals surface area (Å²) in [7, 11) is -4.37. The van der Waals surface area contributed by atoms with Crippen LogP contribution >= 0.6 is 0 Å². The Labute approximate surface area is 165 Å². The lowest BCUT2D eigenvalue weighted by atomic mass is 9.93. The molecule has 1 aliphatic heterocycles. The first kappa shape index (κ1) is 17.5. The van der Waals surface area contributed by atoms with Crippen molar-refractivity contribution in [2.24, 2.45) is 0 Å². The molecule has 0 atom stereocenters. The number of nitrogens with zero attached hydrogens (tertiary/aromatic N) is 1. The van der Waals surface area contributed by atoms with Crippen molar-refractivity contribution < 1.29 is 22.6 Å². The molecule has 0 radical (unpaired) electrons. The SMILES string of the molecule is O=C1c2cccc3cccc(c23)C(=O)N1c1cccc2cc(S(=O)(=O)O)ccc12. The van der Waals surface area contributed by atoms with E-state index in [-0.39, 0.29) is 4.90 Å². The van der Waals surface area contributed by atoms with Gasteiger partial charge < -0.3 is 0 Å². The Kier molecular flexibility index (Phi) is 3.61. The molecular formula is C22H13NO5S. The van der Waals surface area contributed by atoms with Crippen molar-refractivity contribution in [3.63, 3.8) is 0 Å². The Morgan fingerprint density at radius 1 is 0.724 bits per heavy atom. The number of carbonyl (C=O) groups is 2. The molecule has 2 amide bonds. The molecule has 0 saturated carbocycles. The van der Waals surface area contributed by atoms with Gasteiger partial charge in [-0.05, 0) is 41.1 Å². The normalized spacial score (nSPS) is 14.0. The molecule has 0 spiro atoms. The molecule has 0 saturated heterocycles. The fourth-order valence-electron chi connectivity index (χ4n) is 3.85. The summed E-state index contributed by atoms with van der Waals surface area (Å²) in [6.07, 6.45) is 0. The highest BCUT2D eigenvalue weighted by Crippen LogP contribution is 2.36. The van der Waals surface area contributed by atoms with Crippen LogP contribution in [-0.4, -0.2) is 24.8 Å². The van der Waals surface area contributed by atoms with Crippen LogP contribution in [0.25, 0.3) is 21.5 Å². The van der Waals surface area contributed by atoms with E-state index in [1.165, 1.54) is 18.2 Å². The van der Waals surface area contributed by atoms with E-state index in [1.54, 1.807) is 42.5 Å². The zero-order valence-electron chi connectivity index (χ0n) is 14.9. The molecule has 1 heterocycles. The van der Waals surface area contributed by atoms with E-state index >= 15 is 0 Å². The van der Waals surface area contributed by atoms with Gasteiger partial charge in [-0.3, -0.25) is 14.1 Å². The Bertz CT molecular complexity index is 1420. The van der Waals surface area contributed by atoms with E-state index in [4.69, 9.17) is 0 Å². The van der Waals surface area contributed by atoms with E-state index in [1.807, 2.05) is 12.1 Å². The van der Waals surface area contributed by atoms with Crippen molar-refractivity contribution in [3.05, 3.63) is 83.9 Å². The third-order valence-electron chi connectivity index (χ3n) is 5.14. The van der Waals surface area contributed by atoms with Crippen LogP contribution in [0, 0.1) is 0 Å². The maximum atomic E-state index is 13.3. The number of benzene rings is 4. The van der Waals surface area contributed by atoms with E-state index in [9.17, 15) is 22.6 Å². The van der Waals surface area contributed by atoms with Gasteiger partial charge in [0.15, 0.2) is 0 Å². The molecule has 4 aromatic rings. The first-order valence-electron chi connectivity index (χ1n) is 8.77. The molecule has 0 fully saturated rings. The zero-order chi connectivity index (χ0) is 20.3. The molecule has 0 unspecified atom stereocenters. The van der Waals surface area contributed by atoms with Gasteiger partial charge in [0.2, 0.25) is 0 Å². The van der Waals surface area contributed by atoms with Gasteiger partial charge in [0.05, 0.1) is 10.6 Å². The average molecular weight is 403 g/mol. The minimum atomic E-state index is -4.37. The van der Waals surface area contributed by atoms with Gasteiger partial charge in [0.25, 0.3) is 21.9 Å². The summed E-state index contributed by atoms with van der Waals surface area (Å²) < 4.78 is 32.2. The second-order valence-electron chi connectivity index (χ2n) is 6.79. The third-order valence-corrected chi connectivity index (χ3v) is 5.99. The summed E-state index contributed by atoms with van der Waals surface area (Å²) in [4.78, 5) is 27.4. The van der Waals surface area contributed by atoms with E-state index in [0.29, 0.717) is 33.0 Å². The van der Waals surface area contributed by atoms with Crippen LogP contribution in [0.15, 0.2) is 77.7 Å². The van der Waals surface area contributed by atoms with Gasteiger partial charge in [-0.25, -0.2) is 4.90 Å². The average Bonchev–Trinajstić information content (AvgIpc) is 2.71. The van der Waals surface area contributed by atoms with Gasteiger partial charge in [0, 0.05) is 21.9 Å². The van der Waals surface area contributed by atoms with Crippen LogP contribution in [0.5, 0.6) is 0 Å². The minimum Gasteiger partial charge on any atom is -0.282 e. The third kappa shape index (κ3) is 2.55. The summed E-state index contributed by atoms with van der Waals surface area (Å²) in [5.41, 5.74) is 1.22. The van der Waals surface area contributed by atoms with Crippen LogP contribution in [0.3, 0.4) is 0 Å². The lowest BCUT2D eigenvalue weighted by Crippen LogP contribution is -2.40. The number of rotatable bonds is 2. The smallest absolute Gasteiger partial charge is 0.282 e. The summed E-state index contributed by atoms with van der Waals surface area (Å²) >= 11 is 0. The van der Waals surface area contributed by atoms with Crippen molar-refractivity contribution in [3.8, 4) is 0 Å². The molecule has 0 aromatic heterocycles. The predicted molar refractivity (Wildman–Crippen MR) is 109 cm³/mol. The number of amides is 2. The molecule has 142 valence electrons. The molecule has 7 heteroatoms. The van der Waals surface area contributed by atoms with Crippen molar-refractivity contribution >= 4 is 49.2 Å². The standard InChI is InChI=1S/C22H13NO5S/c24-21-17-7-1-4-13-5-2-8-18(20(13)17)22(25)23(21)19-9-3-6-14-12-15(29(26,27)28)10-11-16(14)19/h1-12H,(H,26,27,28). The van der Waals surface area contributed by atoms with Crippen molar-refractivity contribution in [1.29, 1.82) is 0 Å². The van der Waals surface area contributed by atoms with Gasteiger partial charge in [-0.2, -0.15) is 8.42 Å². The molecule has 1 aliphatic rings. The molecule has 29 heavy (non-hydrogen) atoms. The fraction of sp³-hybridized carbons (Fsp3) is 0. The molecule has 4 aromatic carbocycles. The molecule has 0 bridgehead atoms. The second kappa shape index (κ2) is 5.97. The van der Waals surface area contributed by atoms with Crippen LogP contribution in [0.1, 0.15) is 20.7 Å². The lowest BCUT2D eigenvalue weighted by molar-refractivity contribution is 0.0894. The number of imide groups is 1. The van der Waals surface area contributed by atoms with E-state index < -0.39 is 21.9 Å². The molecule has 1 N–H and O–H groups in total. The number of hydrogen-bond donors (Lipinski definition) is 1. The Morgan fingerprint density at radius 2 is 1.31 bits per heavy atom. The number of anilines is 1. The quantitative estimate of drug-likeness (QED) is 0.403. The topological polar surface area (TPSA) is 91.8 Å². The van der Waals surface area contributed by atoms with Crippen LogP contribution in [0.4, 0.5) is 5.69 Å². The van der Waals surface area contributed by atoms with Gasteiger partial charge in [-0.1, -0.05) is 42.5 Å². The minimum absolute atomic E-state index is 0.256. The Hall–Kier alpha value is -3.55. The van der Waals surface area contributed by atoms with Crippen molar-refractivity contribution in [1.82, 2.24) is 0 Å². The second-order valence-corrected chi connectivity index (χ2v) is 8.21. The lowest BCUT2D eigenvalue weighted by Gasteiger charge is -2.28. The first-order valence-corrected chi connectivity index (χ1v) is 10.2. The highest BCUT2D eigenvalue weighted by Gasteiger charge is 2.34. The number of hydrogen-bond acceptors (Lipinski definition) is 4. The molecule has 6 nitrogen and oxygen atoms in total. The maximum Gasteiger partial charge on any atom is 0.294 e. The Morgan fingerprint density at radius 3 is 1.93 bits per heavy atom. The highest BCUT2D eigenvalue weighted by atomic mass is 32.2. The number of fused-ring (bicyclic) bond motifs is 1. The summed E-state index contributed by atoms with van der Waals surface area (Å²) in [6, 6.07) is 19.6. The van der Waals surface area contributed by atoms with Crippen molar-refractivity contribution in [2.75, 3.05) is 4.90 Å². The van der Waals surface area contributed by atoms with E-state index in [0.717, 1.165) is 10.3 Å². The zero-order valence-corrected chi connectivity index (χ0v) is 15.7. The summed E-state index contributed by atoms with van der Waals surface area (Å²) in [5, 5.41) is 2.45. The summed E-state index contributed by atoms with van der Waals surface area (Å²) in [5.74, 6) is -0.878. The monoisotopic (exact) mass is 403 g/mol. The van der Waals surface area contributed by atoms with Crippen LogP contribution in [0.2, 0.25) is 0 Å². The van der Waals surface area contributed by atoms with Gasteiger partial charge >= 0.3 is 0 Å². The molecule has 0 aliphatic carbocycles. The molecular weight excluding hydrogens is 390 g/mol. The van der Waals surface area contributed by atoms with E-state index in [2.05, 4.69) is 0 Å². The fourth-order valence-corrected chi connectivity index (χ4v) is 4.37. The highest BCUT2D eigenvalue weighted by molar-refractivity contribution is 7.85. The van der Waals surface area contributed by atoms with Crippen LogP contribution < -0.4 is 4.90 Å². The first-order chi connectivity index (χ1) is 13.9. The van der Waals surface area contributed by atoms with Gasteiger partial charge in [-0.15, -0.1) is 0 Å². The Balaban J connectivity index is 1.76. The molecule has 5 rings (SSSR count). The largest absolute Gasteiger partial charge is 0.294 e. The predicted octanol–water partition coefficient (Wildman–Crippen LogP) is 4.04. The summed E-state index contributed by atoms with van der Waals surface area (Å²) in [6.45, 7) is 0. The van der Waals surface area contributed by atoms with Crippen LogP contribution in [-0.2, 0) is 10.1 Å². The number of carbonyl (C=O) groups excluding carboxylic acids is 2.